The van der Waals surface area contributed by atoms with Crippen LogP contribution in [0, 0.1) is 0 Å². The quantitative estimate of drug-likeness (QED) is 0.683. The third-order valence-electron chi connectivity index (χ3n) is 2.34. The Morgan fingerprint density at radius 3 is 2.50 bits per heavy atom. The van der Waals surface area contributed by atoms with E-state index in [1.54, 1.807) is 7.11 Å². The smallest absolute Gasteiger partial charge is 0.126 e. The van der Waals surface area contributed by atoms with E-state index in [4.69, 9.17) is 16.3 Å². The SMILES string of the molecule is COc1cccc2c(CCl)cccc12. The van der Waals surface area contributed by atoms with Crippen LogP contribution in [-0.4, -0.2) is 7.11 Å². The third-order valence-corrected chi connectivity index (χ3v) is 2.62. The van der Waals surface area contributed by atoms with Gasteiger partial charge in [-0.25, -0.2) is 0 Å². The van der Waals surface area contributed by atoms with E-state index < -0.39 is 0 Å². The molecule has 0 aromatic heterocycles. The summed E-state index contributed by atoms with van der Waals surface area (Å²) < 4.78 is 5.28. The Hall–Kier alpha value is -1.21. The van der Waals surface area contributed by atoms with Crippen LogP contribution in [0.15, 0.2) is 36.4 Å². The van der Waals surface area contributed by atoms with Crippen LogP contribution in [0.4, 0.5) is 0 Å². The van der Waals surface area contributed by atoms with Crippen LogP contribution in [0.25, 0.3) is 10.8 Å². The van der Waals surface area contributed by atoms with Crippen LogP contribution in [0.3, 0.4) is 0 Å². The van der Waals surface area contributed by atoms with Gasteiger partial charge in [-0.1, -0.05) is 30.3 Å². The second-order valence-corrected chi connectivity index (χ2v) is 3.37. The first-order valence-electron chi connectivity index (χ1n) is 4.47. The summed E-state index contributed by atoms with van der Waals surface area (Å²) in [5.41, 5.74) is 1.14. The van der Waals surface area contributed by atoms with Crippen LogP contribution in [0.5, 0.6) is 5.75 Å². The molecule has 2 rings (SSSR count). The van der Waals surface area contributed by atoms with E-state index >= 15 is 0 Å². The van der Waals surface area contributed by atoms with Crippen molar-refractivity contribution >= 4 is 22.4 Å². The lowest BCUT2D eigenvalue weighted by molar-refractivity contribution is 0.420. The molecule has 2 aromatic carbocycles. The zero-order chi connectivity index (χ0) is 9.97. The highest BCUT2D eigenvalue weighted by Crippen LogP contribution is 2.28. The van der Waals surface area contributed by atoms with Gasteiger partial charge in [-0.05, 0) is 17.0 Å². The molecule has 0 amide bonds. The highest BCUT2D eigenvalue weighted by Gasteiger charge is 2.03. The summed E-state index contributed by atoms with van der Waals surface area (Å²) in [4.78, 5) is 0. The van der Waals surface area contributed by atoms with E-state index in [1.807, 2.05) is 30.3 Å². The molecule has 0 fully saturated rings. The molecule has 2 aromatic rings. The molecule has 0 spiro atoms. The summed E-state index contributed by atoms with van der Waals surface area (Å²) in [5.74, 6) is 1.43. The largest absolute Gasteiger partial charge is 0.496 e. The molecule has 2 heteroatoms. The second kappa shape index (κ2) is 3.89. The van der Waals surface area contributed by atoms with Gasteiger partial charge in [-0.15, -0.1) is 11.6 Å². The van der Waals surface area contributed by atoms with Crippen molar-refractivity contribution in [3.05, 3.63) is 42.0 Å². The standard InChI is InChI=1S/C12H11ClO/c1-14-12-7-3-5-10-9(8-13)4-2-6-11(10)12/h2-7H,8H2,1H3. The molecule has 0 saturated heterocycles. The first kappa shape index (κ1) is 9.35. The highest BCUT2D eigenvalue weighted by molar-refractivity contribution is 6.18. The van der Waals surface area contributed by atoms with Crippen molar-refractivity contribution in [3.8, 4) is 5.75 Å². The molecule has 0 aliphatic rings. The second-order valence-electron chi connectivity index (χ2n) is 3.11. The molecule has 0 radical (unpaired) electrons. The van der Waals surface area contributed by atoms with Gasteiger partial charge in [0.15, 0.2) is 0 Å². The Balaban J connectivity index is 2.77. The highest BCUT2D eigenvalue weighted by atomic mass is 35.5. The number of fused-ring (bicyclic) bond motifs is 1. The van der Waals surface area contributed by atoms with Gasteiger partial charge in [0.1, 0.15) is 5.75 Å². The summed E-state index contributed by atoms with van der Waals surface area (Å²) >= 11 is 5.86. The molecule has 0 atom stereocenters. The summed E-state index contributed by atoms with van der Waals surface area (Å²) in [7, 11) is 1.68. The number of ether oxygens (including phenoxy) is 1. The van der Waals surface area contributed by atoms with Crippen molar-refractivity contribution in [2.45, 2.75) is 5.88 Å². The number of rotatable bonds is 2. The first-order chi connectivity index (χ1) is 6.86. The molecule has 0 heterocycles. The summed E-state index contributed by atoms with van der Waals surface area (Å²) in [6.45, 7) is 0. The summed E-state index contributed by atoms with van der Waals surface area (Å²) in [6.07, 6.45) is 0. The number of benzene rings is 2. The number of alkyl halides is 1. The topological polar surface area (TPSA) is 9.23 Å². The minimum atomic E-state index is 0.532. The van der Waals surface area contributed by atoms with Crippen LogP contribution >= 0.6 is 11.6 Å². The summed E-state index contributed by atoms with van der Waals surface area (Å²) in [6, 6.07) is 12.1. The number of methoxy groups -OCH3 is 1. The lowest BCUT2D eigenvalue weighted by atomic mass is 10.1. The van der Waals surface area contributed by atoms with E-state index in [0.29, 0.717) is 5.88 Å². The minimum absolute atomic E-state index is 0.532. The van der Waals surface area contributed by atoms with Crippen LogP contribution in [-0.2, 0) is 5.88 Å². The fourth-order valence-corrected chi connectivity index (χ4v) is 1.87. The average molecular weight is 207 g/mol. The van der Waals surface area contributed by atoms with Crippen molar-refractivity contribution < 1.29 is 4.74 Å². The first-order valence-corrected chi connectivity index (χ1v) is 5.01. The zero-order valence-electron chi connectivity index (χ0n) is 7.96. The summed E-state index contributed by atoms with van der Waals surface area (Å²) in [5, 5.41) is 2.29. The Morgan fingerprint density at radius 2 is 1.79 bits per heavy atom. The van der Waals surface area contributed by atoms with Crippen LogP contribution in [0.1, 0.15) is 5.56 Å². The lowest BCUT2D eigenvalue weighted by Crippen LogP contribution is -1.87. The van der Waals surface area contributed by atoms with Gasteiger partial charge in [0, 0.05) is 11.3 Å². The van der Waals surface area contributed by atoms with E-state index in [2.05, 4.69) is 6.07 Å². The molecule has 0 unspecified atom stereocenters. The van der Waals surface area contributed by atoms with E-state index in [1.165, 1.54) is 5.39 Å². The van der Waals surface area contributed by atoms with Crippen LogP contribution in [0.2, 0.25) is 0 Å². The third kappa shape index (κ3) is 1.44. The van der Waals surface area contributed by atoms with Crippen LogP contribution < -0.4 is 4.74 Å². The van der Waals surface area contributed by atoms with Crippen molar-refractivity contribution in [1.29, 1.82) is 0 Å². The fraction of sp³-hybridized carbons (Fsp3) is 0.167. The van der Waals surface area contributed by atoms with Gasteiger partial charge < -0.3 is 4.74 Å². The van der Waals surface area contributed by atoms with Crippen molar-refractivity contribution in [2.75, 3.05) is 7.11 Å². The molecule has 72 valence electrons. The van der Waals surface area contributed by atoms with Gasteiger partial charge in [0.25, 0.3) is 0 Å². The van der Waals surface area contributed by atoms with Crippen molar-refractivity contribution in [2.24, 2.45) is 0 Å². The predicted molar refractivity (Wildman–Crippen MR) is 60.1 cm³/mol. The van der Waals surface area contributed by atoms with Gasteiger partial charge in [0.05, 0.1) is 7.11 Å². The normalized spacial score (nSPS) is 10.4. The van der Waals surface area contributed by atoms with Gasteiger partial charge in [0.2, 0.25) is 0 Å². The molecular formula is C12H11ClO. The van der Waals surface area contributed by atoms with Gasteiger partial charge >= 0.3 is 0 Å². The predicted octanol–water partition coefficient (Wildman–Crippen LogP) is 3.59. The van der Waals surface area contributed by atoms with Gasteiger partial charge in [-0.3, -0.25) is 0 Å². The Morgan fingerprint density at radius 1 is 1.07 bits per heavy atom. The maximum absolute atomic E-state index is 5.86. The van der Waals surface area contributed by atoms with Crippen molar-refractivity contribution in [3.63, 3.8) is 0 Å². The fourth-order valence-electron chi connectivity index (χ4n) is 1.64. The molecular weight excluding hydrogens is 196 g/mol. The Bertz CT molecular complexity index is 408. The number of hydrogen-bond acceptors (Lipinski definition) is 1. The molecule has 0 N–H and O–H groups in total. The van der Waals surface area contributed by atoms with Crippen molar-refractivity contribution in [1.82, 2.24) is 0 Å². The molecule has 0 saturated carbocycles. The molecule has 1 nitrogen and oxygen atoms in total. The molecule has 0 aliphatic heterocycles. The van der Waals surface area contributed by atoms with E-state index in [0.717, 1.165) is 16.7 Å². The maximum Gasteiger partial charge on any atom is 0.126 e. The molecule has 0 bridgehead atoms. The number of halogens is 1. The molecule has 0 aliphatic carbocycles. The molecule has 14 heavy (non-hydrogen) atoms. The number of hydrogen-bond donors (Lipinski definition) is 0. The Kier molecular flexibility index (Phi) is 2.60. The minimum Gasteiger partial charge on any atom is -0.496 e. The van der Waals surface area contributed by atoms with E-state index in [-0.39, 0.29) is 0 Å². The average Bonchev–Trinajstić information content (AvgIpc) is 2.27. The van der Waals surface area contributed by atoms with E-state index in [9.17, 15) is 0 Å². The maximum atomic E-state index is 5.86. The lowest BCUT2D eigenvalue weighted by Gasteiger charge is -2.07. The zero-order valence-corrected chi connectivity index (χ0v) is 8.71. The Labute approximate surface area is 88.3 Å². The van der Waals surface area contributed by atoms with Gasteiger partial charge in [-0.2, -0.15) is 0 Å². The monoisotopic (exact) mass is 206 g/mol.